The van der Waals surface area contributed by atoms with Gasteiger partial charge in [0.05, 0.1) is 11.4 Å². The molecule has 5 aromatic rings. The van der Waals surface area contributed by atoms with E-state index in [0.717, 1.165) is 28.1 Å². The summed E-state index contributed by atoms with van der Waals surface area (Å²) in [5.74, 6) is -0.184. The highest BCUT2D eigenvalue weighted by Crippen LogP contribution is 2.27. The third kappa shape index (κ3) is 7.53. The second-order valence-electron chi connectivity index (χ2n) is 11.2. The van der Waals surface area contributed by atoms with Crippen LogP contribution < -0.4 is 14.9 Å². The summed E-state index contributed by atoms with van der Waals surface area (Å²) in [6.07, 6.45) is -3.29. The van der Waals surface area contributed by atoms with Crippen molar-refractivity contribution in [2.24, 2.45) is 4.99 Å². The van der Waals surface area contributed by atoms with Gasteiger partial charge < -0.3 is 10.1 Å². The summed E-state index contributed by atoms with van der Waals surface area (Å²) in [6.45, 7) is 9.81. The first-order chi connectivity index (χ1) is 21.8. The van der Waals surface area contributed by atoms with Gasteiger partial charge in [-0.05, 0) is 73.4 Å². The minimum atomic E-state index is -4.76. The normalized spacial score (nSPS) is 13.6. The molecule has 0 aliphatic rings. The summed E-state index contributed by atoms with van der Waals surface area (Å²) >= 11 is 1.34. The van der Waals surface area contributed by atoms with Crippen LogP contribution in [0.5, 0.6) is 5.75 Å². The average molecular weight is 653 g/mol. The molecule has 0 fully saturated rings. The van der Waals surface area contributed by atoms with Crippen molar-refractivity contribution in [2.75, 3.05) is 0 Å². The maximum absolute atomic E-state index is 14.0. The Morgan fingerprint density at radius 2 is 1.70 bits per heavy atom. The second-order valence-corrected chi connectivity index (χ2v) is 12.0. The highest BCUT2D eigenvalue weighted by Gasteiger charge is 2.31. The number of benzene rings is 3. The number of urea groups is 1. The number of ether oxygens (including phenoxy) is 1. The first-order valence-electron chi connectivity index (χ1n) is 14.5. The number of rotatable bonds is 8. The number of thiazole rings is 1. The predicted octanol–water partition coefficient (Wildman–Crippen LogP) is 8.06. The Morgan fingerprint density at radius 3 is 2.35 bits per heavy atom. The van der Waals surface area contributed by atoms with E-state index in [9.17, 15) is 22.4 Å². The lowest BCUT2D eigenvalue weighted by atomic mass is 9.93. The minimum Gasteiger partial charge on any atom is -0.406 e. The number of aromatic nitrogens is 4. The molecule has 240 valence electrons. The van der Waals surface area contributed by atoms with Crippen molar-refractivity contribution in [3.8, 4) is 28.5 Å². The fourth-order valence-electron chi connectivity index (χ4n) is 4.94. The van der Waals surface area contributed by atoms with Crippen LogP contribution in [0.25, 0.3) is 22.8 Å². The molecule has 0 aliphatic heterocycles. The molecular weight excluding hydrogens is 620 g/mol. The number of hydrogen-bond donors (Lipinski definition) is 1. The summed E-state index contributed by atoms with van der Waals surface area (Å²) in [4.78, 5) is 22.2. The number of nitrogens with zero attached hydrogens (tertiary/aromatic N) is 5. The maximum Gasteiger partial charge on any atom is 0.573 e. The Morgan fingerprint density at radius 1 is 1.00 bits per heavy atom. The van der Waals surface area contributed by atoms with E-state index in [2.05, 4.69) is 25.1 Å². The zero-order valence-electron chi connectivity index (χ0n) is 25.7. The summed E-state index contributed by atoms with van der Waals surface area (Å²) in [6, 6.07) is 16.8. The van der Waals surface area contributed by atoms with Crippen LogP contribution in [0, 0.1) is 12.7 Å². The van der Waals surface area contributed by atoms with Crippen LogP contribution in [-0.4, -0.2) is 37.8 Å². The number of carbonyl (C=O) groups is 1. The zero-order valence-corrected chi connectivity index (χ0v) is 26.5. The van der Waals surface area contributed by atoms with Crippen molar-refractivity contribution in [1.82, 2.24) is 24.6 Å². The van der Waals surface area contributed by atoms with Gasteiger partial charge in [-0.3, -0.25) is 4.57 Å². The van der Waals surface area contributed by atoms with Gasteiger partial charge in [-0.1, -0.05) is 45.0 Å². The number of amides is 2. The molecule has 46 heavy (non-hydrogen) atoms. The van der Waals surface area contributed by atoms with Crippen LogP contribution in [0.3, 0.4) is 0 Å². The summed E-state index contributed by atoms with van der Waals surface area (Å²) in [5, 5.41) is 9.33. The number of halogens is 4. The SMILES string of the molecule is Cc1cs/c(=N\C(=O)NC(C)C(C)c2ccc(-c3ncn(-c4ccc(OC(F)(F)F)cc4)n3)cc2)n1-c1ccc(F)cc1C(C)C. The van der Waals surface area contributed by atoms with Crippen molar-refractivity contribution in [3.05, 3.63) is 106 Å². The summed E-state index contributed by atoms with van der Waals surface area (Å²) in [5.41, 5.74) is 4.75. The first-order valence-corrected chi connectivity index (χ1v) is 15.4. The third-order valence-corrected chi connectivity index (χ3v) is 8.49. The van der Waals surface area contributed by atoms with Gasteiger partial charge in [-0.25, -0.2) is 18.9 Å². The largest absolute Gasteiger partial charge is 0.573 e. The van der Waals surface area contributed by atoms with E-state index in [1.807, 2.05) is 68.8 Å². The summed E-state index contributed by atoms with van der Waals surface area (Å²) in [7, 11) is 0. The van der Waals surface area contributed by atoms with Gasteiger partial charge in [0.1, 0.15) is 17.9 Å². The maximum atomic E-state index is 14.0. The fraction of sp³-hybridized carbons (Fsp3) is 0.273. The highest BCUT2D eigenvalue weighted by atomic mass is 32.1. The Kier molecular flexibility index (Phi) is 9.42. The van der Waals surface area contributed by atoms with Crippen LogP contribution in [0.4, 0.5) is 22.4 Å². The Bertz CT molecular complexity index is 1890. The van der Waals surface area contributed by atoms with Crippen LogP contribution >= 0.6 is 11.3 Å². The lowest BCUT2D eigenvalue weighted by molar-refractivity contribution is -0.274. The van der Waals surface area contributed by atoms with Crippen molar-refractivity contribution in [2.45, 2.75) is 58.9 Å². The van der Waals surface area contributed by atoms with Gasteiger partial charge in [0, 0.05) is 28.6 Å². The molecule has 2 heterocycles. The van der Waals surface area contributed by atoms with E-state index >= 15 is 0 Å². The van der Waals surface area contributed by atoms with Crippen LogP contribution in [0.15, 0.2) is 83.4 Å². The molecule has 0 bridgehead atoms. The van der Waals surface area contributed by atoms with Gasteiger partial charge in [-0.2, -0.15) is 4.99 Å². The average Bonchev–Trinajstić information content (AvgIpc) is 3.63. The Hall–Kier alpha value is -4.78. The third-order valence-electron chi connectivity index (χ3n) is 7.55. The number of nitrogens with one attached hydrogen (secondary N) is 1. The highest BCUT2D eigenvalue weighted by molar-refractivity contribution is 7.07. The molecular formula is C33H32F4N6O2S. The molecule has 3 aromatic carbocycles. The monoisotopic (exact) mass is 652 g/mol. The van der Waals surface area contributed by atoms with Crippen LogP contribution in [0.1, 0.15) is 56.4 Å². The molecule has 0 aliphatic carbocycles. The van der Waals surface area contributed by atoms with Gasteiger partial charge >= 0.3 is 12.4 Å². The molecule has 0 saturated heterocycles. The zero-order chi connectivity index (χ0) is 33.2. The quantitative estimate of drug-likeness (QED) is 0.172. The molecule has 2 atom stereocenters. The molecule has 2 unspecified atom stereocenters. The lowest BCUT2D eigenvalue weighted by Crippen LogP contribution is -2.35. The topological polar surface area (TPSA) is 86.3 Å². The van der Waals surface area contributed by atoms with Crippen molar-refractivity contribution < 1.29 is 27.1 Å². The molecule has 0 spiro atoms. The molecule has 2 aromatic heterocycles. The summed E-state index contributed by atoms with van der Waals surface area (Å²) < 4.78 is 58.6. The van der Waals surface area contributed by atoms with Gasteiger partial charge in [0.15, 0.2) is 10.6 Å². The van der Waals surface area contributed by atoms with Gasteiger partial charge in [-0.15, -0.1) is 29.6 Å². The fourth-order valence-corrected chi connectivity index (χ4v) is 5.80. The van der Waals surface area contributed by atoms with Gasteiger partial charge in [0.2, 0.25) is 0 Å². The van der Waals surface area contributed by atoms with Crippen LogP contribution in [0.2, 0.25) is 0 Å². The number of alkyl halides is 3. The van der Waals surface area contributed by atoms with E-state index in [1.165, 1.54) is 58.7 Å². The molecule has 0 radical (unpaired) electrons. The van der Waals surface area contributed by atoms with Crippen LogP contribution in [-0.2, 0) is 0 Å². The predicted molar refractivity (Wildman–Crippen MR) is 168 cm³/mol. The van der Waals surface area contributed by atoms with E-state index in [4.69, 9.17) is 0 Å². The molecule has 2 amide bonds. The second kappa shape index (κ2) is 13.3. The van der Waals surface area contributed by atoms with Crippen molar-refractivity contribution in [1.29, 1.82) is 0 Å². The molecule has 1 N–H and O–H groups in total. The van der Waals surface area contributed by atoms with Crippen molar-refractivity contribution >= 4 is 17.4 Å². The van der Waals surface area contributed by atoms with E-state index in [1.54, 1.807) is 6.07 Å². The molecule has 0 saturated carbocycles. The van der Waals surface area contributed by atoms with Gasteiger partial charge in [0.25, 0.3) is 0 Å². The van der Waals surface area contributed by atoms with Crippen molar-refractivity contribution in [3.63, 3.8) is 0 Å². The minimum absolute atomic E-state index is 0.0574. The number of hydrogen-bond acceptors (Lipinski definition) is 5. The lowest BCUT2D eigenvalue weighted by Gasteiger charge is -2.21. The first kappa shape index (κ1) is 32.6. The van der Waals surface area contributed by atoms with E-state index < -0.39 is 12.4 Å². The Balaban J connectivity index is 1.26. The molecule has 8 nitrogen and oxygen atoms in total. The van der Waals surface area contributed by atoms with E-state index in [0.29, 0.717) is 16.3 Å². The number of aryl methyl sites for hydroxylation is 1. The standard InChI is InChI=1S/C33H32F4N6O2S/c1-19(2)28-16-25(34)10-15-29(28)43-20(3)17-46-32(43)40-31(44)39-22(5)21(4)23-6-8-24(9-7-23)30-38-18-42(41-30)26-11-13-27(14-12-26)45-33(35,36)37/h6-19,21-22H,1-5H3,(H,39,44)/b40-32-. The molecule has 13 heteroatoms. The smallest absolute Gasteiger partial charge is 0.406 e. The Labute approximate surface area is 267 Å². The van der Waals surface area contributed by atoms with E-state index in [-0.39, 0.29) is 29.4 Å². The number of carbonyl (C=O) groups excluding carboxylic acids is 1. The molecule has 5 rings (SSSR count).